The van der Waals surface area contributed by atoms with E-state index in [0.29, 0.717) is 6.04 Å². The van der Waals surface area contributed by atoms with Gasteiger partial charge >= 0.3 is 0 Å². The van der Waals surface area contributed by atoms with Crippen molar-refractivity contribution in [2.75, 3.05) is 26.7 Å². The third kappa shape index (κ3) is 2.96. The minimum Gasteiger partial charge on any atom is -0.483 e. The third-order valence-electron chi connectivity index (χ3n) is 4.04. The molecule has 4 nitrogen and oxygen atoms in total. The Kier molecular flexibility index (Phi) is 5.01. The fourth-order valence-corrected chi connectivity index (χ4v) is 2.86. The van der Waals surface area contributed by atoms with E-state index < -0.39 is 0 Å². The number of nitrogens with one attached hydrogen (secondary N) is 1. The van der Waals surface area contributed by atoms with Gasteiger partial charge in [-0.3, -0.25) is 4.79 Å². The predicted octanol–water partition coefficient (Wildman–Crippen LogP) is 2.14. The van der Waals surface area contributed by atoms with Crippen molar-refractivity contribution in [3.8, 4) is 5.75 Å². The smallest absolute Gasteiger partial charge is 0.260 e. The lowest BCUT2D eigenvalue weighted by Crippen LogP contribution is -2.34. The quantitative estimate of drug-likeness (QED) is 0.865. The Morgan fingerprint density at radius 3 is 2.80 bits per heavy atom. The highest BCUT2D eigenvalue weighted by atomic mass is 16.5. The lowest BCUT2D eigenvalue weighted by Gasteiger charge is -2.19. The normalized spacial score (nSPS) is 16.9. The van der Waals surface area contributed by atoms with Crippen LogP contribution in [-0.2, 0) is 11.2 Å². The maximum atomic E-state index is 12.0. The molecule has 1 atom stereocenters. The van der Waals surface area contributed by atoms with Gasteiger partial charge in [-0.15, -0.1) is 0 Å². The molecular formula is C16H24N2O2. The van der Waals surface area contributed by atoms with Gasteiger partial charge in [0.25, 0.3) is 5.91 Å². The van der Waals surface area contributed by atoms with E-state index in [9.17, 15) is 4.79 Å². The lowest BCUT2D eigenvalue weighted by molar-refractivity contribution is -0.132. The highest BCUT2D eigenvalue weighted by Crippen LogP contribution is 2.36. The second kappa shape index (κ2) is 6.75. The summed E-state index contributed by atoms with van der Waals surface area (Å²) in [5, 5.41) is 3.32. The molecule has 110 valence electrons. The molecule has 1 unspecified atom stereocenters. The zero-order valence-electron chi connectivity index (χ0n) is 12.6. The van der Waals surface area contributed by atoms with Gasteiger partial charge in [0.15, 0.2) is 6.61 Å². The van der Waals surface area contributed by atoms with Crippen molar-refractivity contribution in [1.29, 1.82) is 0 Å². The van der Waals surface area contributed by atoms with Gasteiger partial charge in [0.1, 0.15) is 5.75 Å². The van der Waals surface area contributed by atoms with Crippen LogP contribution in [-0.4, -0.2) is 37.6 Å². The van der Waals surface area contributed by atoms with Crippen LogP contribution in [0.25, 0.3) is 0 Å². The predicted molar refractivity (Wildman–Crippen MR) is 80.0 cm³/mol. The second-order valence-electron chi connectivity index (χ2n) is 5.06. The maximum absolute atomic E-state index is 12.0. The molecule has 1 aliphatic carbocycles. The number of fused-ring (bicyclic) bond motifs is 1. The van der Waals surface area contributed by atoms with Crippen LogP contribution < -0.4 is 10.1 Å². The Morgan fingerprint density at radius 1 is 1.40 bits per heavy atom. The molecule has 0 spiro atoms. The van der Waals surface area contributed by atoms with Crippen LogP contribution in [0.3, 0.4) is 0 Å². The summed E-state index contributed by atoms with van der Waals surface area (Å²) in [5.74, 6) is 0.913. The molecule has 0 saturated carbocycles. The molecule has 1 aromatic rings. The second-order valence-corrected chi connectivity index (χ2v) is 5.06. The summed E-state index contributed by atoms with van der Waals surface area (Å²) in [6.45, 7) is 5.56. The first-order valence-corrected chi connectivity index (χ1v) is 7.40. The van der Waals surface area contributed by atoms with E-state index in [0.717, 1.165) is 31.7 Å². The monoisotopic (exact) mass is 276 g/mol. The number of carbonyl (C=O) groups is 1. The first-order chi connectivity index (χ1) is 9.71. The summed E-state index contributed by atoms with van der Waals surface area (Å²) < 4.78 is 5.77. The molecule has 0 radical (unpaired) electrons. The van der Waals surface area contributed by atoms with E-state index in [2.05, 4.69) is 11.4 Å². The Hall–Kier alpha value is -1.55. The van der Waals surface area contributed by atoms with Crippen LogP contribution in [0.4, 0.5) is 0 Å². The van der Waals surface area contributed by atoms with Crippen LogP contribution in [0.1, 0.15) is 37.4 Å². The first-order valence-electron chi connectivity index (χ1n) is 7.40. The van der Waals surface area contributed by atoms with Crippen molar-refractivity contribution in [2.45, 2.75) is 32.7 Å². The van der Waals surface area contributed by atoms with Crippen molar-refractivity contribution in [2.24, 2.45) is 0 Å². The number of ether oxygens (including phenoxy) is 1. The number of hydrogen-bond donors (Lipinski definition) is 1. The summed E-state index contributed by atoms with van der Waals surface area (Å²) >= 11 is 0. The van der Waals surface area contributed by atoms with Gasteiger partial charge in [-0.1, -0.05) is 12.1 Å². The molecular weight excluding hydrogens is 252 g/mol. The number of benzene rings is 1. The van der Waals surface area contributed by atoms with E-state index in [1.165, 1.54) is 11.1 Å². The summed E-state index contributed by atoms with van der Waals surface area (Å²) in [6, 6.07) is 6.52. The topological polar surface area (TPSA) is 41.6 Å². The number of likely N-dealkylation sites (N-methyl/N-ethyl adjacent to an activating group) is 1. The van der Waals surface area contributed by atoms with Crippen molar-refractivity contribution < 1.29 is 9.53 Å². The summed E-state index contributed by atoms with van der Waals surface area (Å²) in [5.41, 5.74) is 2.56. The first kappa shape index (κ1) is 14.9. The molecule has 2 rings (SSSR count). The van der Waals surface area contributed by atoms with Gasteiger partial charge in [0.05, 0.1) is 0 Å². The summed E-state index contributed by atoms with van der Waals surface area (Å²) in [4.78, 5) is 13.8. The van der Waals surface area contributed by atoms with Gasteiger partial charge in [0, 0.05) is 19.1 Å². The van der Waals surface area contributed by atoms with Crippen LogP contribution in [0, 0.1) is 0 Å². The molecule has 1 amide bonds. The van der Waals surface area contributed by atoms with E-state index >= 15 is 0 Å². The summed E-state index contributed by atoms with van der Waals surface area (Å²) in [7, 11) is 1.98. The van der Waals surface area contributed by atoms with E-state index in [1.807, 2.05) is 33.0 Å². The van der Waals surface area contributed by atoms with Crippen molar-refractivity contribution >= 4 is 5.91 Å². The Bertz CT molecular complexity index is 470. The largest absolute Gasteiger partial charge is 0.483 e. The van der Waals surface area contributed by atoms with Gasteiger partial charge in [-0.2, -0.15) is 0 Å². The van der Waals surface area contributed by atoms with Crippen LogP contribution in [0.15, 0.2) is 18.2 Å². The van der Waals surface area contributed by atoms with E-state index in [1.54, 1.807) is 4.90 Å². The molecule has 0 aromatic heterocycles. The fourth-order valence-electron chi connectivity index (χ4n) is 2.86. The molecule has 1 aromatic carbocycles. The molecule has 0 heterocycles. The zero-order chi connectivity index (χ0) is 14.5. The molecule has 0 fully saturated rings. The summed E-state index contributed by atoms with van der Waals surface area (Å²) in [6.07, 6.45) is 2.10. The molecule has 0 aliphatic heterocycles. The highest BCUT2D eigenvalue weighted by Gasteiger charge is 2.24. The minimum absolute atomic E-state index is 0.0516. The fraction of sp³-hybridized carbons (Fsp3) is 0.562. The third-order valence-corrected chi connectivity index (χ3v) is 4.04. The molecule has 1 aliphatic rings. The minimum atomic E-state index is 0.0516. The molecule has 1 N–H and O–H groups in total. The van der Waals surface area contributed by atoms with Crippen LogP contribution >= 0.6 is 0 Å². The average Bonchev–Trinajstić information content (AvgIpc) is 2.90. The standard InChI is InChI=1S/C16H24N2O2/c1-4-18(5-2)16(19)11-20-15-8-6-7-12-13(15)9-10-14(12)17-3/h6-8,14,17H,4-5,9-11H2,1-3H3. The van der Waals surface area contributed by atoms with Crippen LogP contribution in [0.5, 0.6) is 5.75 Å². The van der Waals surface area contributed by atoms with Gasteiger partial charge in [-0.25, -0.2) is 0 Å². The number of carbonyl (C=O) groups excluding carboxylic acids is 1. The van der Waals surface area contributed by atoms with Crippen LogP contribution in [0.2, 0.25) is 0 Å². The van der Waals surface area contributed by atoms with E-state index in [-0.39, 0.29) is 12.5 Å². The Labute approximate surface area is 121 Å². The number of nitrogens with zero attached hydrogens (tertiary/aromatic N) is 1. The SMILES string of the molecule is CCN(CC)C(=O)COc1cccc2c1CCC2NC. The Morgan fingerprint density at radius 2 is 2.15 bits per heavy atom. The lowest BCUT2D eigenvalue weighted by atomic mass is 10.1. The van der Waals surface area contributed by atoms with Gasteiger partial charge in [0.2, 0.25) is 0 Å². The molecule has 20 heavy (non-hydrogen) atoms. The Balaban J connectivity index is 2.05. The highest BCUT2D eigenvalue weighted by molar-refractivity contribution is 5.77. The van der Waals surface area contributed by atoms with E-state index in [4.69, 9.17) is 4.74 Å². The average molecular weight is 276 g/mol. The number of amides is 1. The molecule has 0 bridgehead atoms. The molecule has 4 heteroatoms. The maximum Gasteiger partial charge on any atom is 0.260 e. The van der Waals surface area contributed by atoms with Crippen molar-refractivity contribution in [3.63, 3.8) is 0 Å². The van der Waals surface area contributed by atoms with Crippen molar-refractivity contribution in [1.82, 2.24) is 10.2 Å². The van der Waals surface area contributed by atoms with Gasteiger partial charge in [-0.05, 0) is 50.9 Å². The number of rotatable bonds is 6. The van der Waals surface area contributed by atoms with Gasteiger partial charge < -0.3 is 15.0 Å². The van der Waals surface area contributed by atoms with Crippen molar-refractivity contribution in [3.05, 3.63) is 29.3 Å². The number of hydrogen-bond acceptors (Lipinski definition) is 3. The zero-order valence-corrected chi connectivity index (χ0v) is 12.6. The molecule has 0 saturated heterocycles.